The summed E-state index contributed by atoms with van der Waals surface area (Å²) in [6.45, 7) is 0. The molecule has 0 aromatic heterocycles. The van der Waals surface area contributed by atoms with Crippen LogP contribution in [0.4, 0.5) is 5.69 Å². The summed E-state index contributed by atoms with van der Waals surface area (Å²) < 4.78 is 6.09. The predicted octanol–water partition coefficient (Wildman–Crippen LogP) is 4.41. The van der Waals surface area contributed by atoms with Crippen molar-refractivity contribution in [2.45, 2.75) is 0 Å². The molecule has 0 atom stereocenters. The maximum Gasteiger partial charge on any atom is 0.343 e. The molecule has 0 bridgehead atoms. The molecule has 7 nitrogen and oxygen atoms in total. The number of para-hydroxylation sites is 1. The summed E-state index contributed by atoms with van der Waals surface area (Å²) in [5, 5.41) is 6.45. The second-order valence-electron chi connectivity index (χ2n) is 6.10. The molecular formula is C22H15BrClN3O4. The number of nitrogens with one attached hydrogen (secondary N) is 2. The largest absolute Gasteiger partial charge is 0.423 e. The summed E-state index contributed by atoms with van der Waals surface area (Å²) in [4.78, 5) is 35.9. The van der Waals surface area contributed by atoms with Crippen molar-refractivity contribution in [1.82, 2.24) is 5.43 Å². The van der Waals surface area contributed by atoms with Gasteiger partial charge >= 0.3 is 17.8 Å². The number of ether oxygens (including phenoxy) is 1. The molecular weight excluding hydrogens is 486 g/mol. The predicted molar refractivity (Wildman–Crippen MR) is 121 cm³/mol. The molecule has 0 heterocycles. The van der Waals surface area contributed by atoms with Crippen LogP contribution in [0.25, 0.3) is 0 Å². The zero-order valence-electron chi connectivity index (χ0n) is 15.8. The van der Waals surface area contributed by atoms with Gasteiger partial charge in [-0.15, -0.1) is 0 Å². The van der Waals surface area contributed by atoms with Crippen LogP contribution in [0.1, 0.15) is 15.9 Å². The fourth-order valence-electron chi connectivity index (χ4n) is 2.36. The highest BCUT2D eigenvalue weighted by Gasteiger charge is 2.14. The minimum atomic E-state index is -0.948. The van der Waals surface area contributed by atoms with Crippen molar-refractivity contribution in [2.24, 2.45) is 5.10 Å². The van der Waals surface area contributed by atoms with Gasteiger partial charge in [-0.3, -0.25) is 9.59 Å². The van der Waals surface area contributed by atoms with Gasteiger partial charge < -0.3 is 10.1 Å². The Labute approximate surface area is 191 Å². The summed E-state index contributed by atoms with van der Waals surface area (Å²) in [6.07, 6.45) is 1.35. The fourth-order valence-corrected chi connectivity index (χ4v) is 2.94. The second kappa shape index (κ2) is 10.5. The zero-order valence-corrected chi connectivity index (χ0v) is 18.2. The van der Waals surface area contributed by atoms with Crippen molar-refractivity contribution in [1.29, 1.82) is 0 Å². The number of benzene rings is 3. The molecule has 0 radical (unpaired) electrons. The minimum Gasteiger partial charge on any atom is -0.423 e. The Bertz CT molecular complexity index is 1150. The number of carbonyl (C=O) groups excluding carboxylic acids is 3. The van der Waals surface area contributed by atoms with E-state index in [1.807, 2.05) is 6.07 Å². The van der Waals surface area contributed by atoms with E-state index in [-0.39, 0.29) is 0 Å². The van der Waals surface area contributed by atoms with E-state index >= 15 is 0 Å². The quantitative estimate of drug-likeness (QED) is 0.178. The van der Waals surface area contributed by atoms with Crippen LogP contribution in [-0.2, 0) is 9.59 Å². The van der Waals surface area contributed by atoms with E-state index in [0.29, 0.717) is 27.6 Å². The lowest BCUT2D eigenvalue weighted by Gasteiger charge is -2.06. The molecule has 2 N–H and O–H groups in total. The molecule has 0 saturated heterocycles. The minimum absolute atomic E-state index is 0.313. The van der Waals surface area contributed by atoms with Crippen molar-refractivity contribution < 1.29 is 19.1 Å². The van der Waals surface area contributed by atoms with Crippen molar-refractivity contribution in [3.05, 3.63) is 93.4 Å². The molecule has 156 valence electrons. The maximum absolute atomic E-state index is 12.2. The molecule has 3 aromatic carbocycles. The Kier molecular flexibility index (Phi) is 7.53. The number of hydrogen-bond donors (Lipinski definition) is 2. The van der Waals surface area contributed by atoms with E-state index < -0.39 is 17.8 Å². The standard InChI is InChI=1S/C22H15BrClN3O4/c23-16-5-3-4-15(12-16)22(30)31-17-10-8-14(9-11-17)13-25-27-21(29)20(28)26-19-7-2-1-6-18(19)24/h1-13H,(H,26,28)(H,27,29)/b25-13+. The molecule has 3 aromatic rings. The van der Waals surface area contributed by atoms with Gasteiger partial charge in [0.1, 0.15) is 5.75 Å². The number of anilines is 1. The van der Waals surface area contributed by atoms with E-state index in [4.69, 9.17) is 16.3 Å². The van der Waals surface area contributed by atoms with Crippen LogP contribution in [0.2, 0.25) is 5.02 Å². The van der Waals surface area contributed by atoms with Gasteiger partial charge in [0.05, 0.1) is 22.5 Å². The third kappa shape index (κ3) is 6.50. The first-order valence-electron chi connectivity index (χ1n) is 8.89. The summed E-state index contributed by atoms with van der Waals surface area (Å²) >= 11 is 9.24. The van der Waals surface area contributed by atoms with E-state index in [9.17, 15) is 14.4 Å². The average Bonchev–Trinajstić information content (AvgIpc) is 2.76. The zero-order chi connectivity index (χ0) is 22.2. The number of nitrogens with zero attached hydrogens (tertiary/aromatic N) is 1. The van der Waals surface area contributed by atoms with Gasteiger partial charge in [-0.05, 0) is 60.2 Å². The lowest BCUT2D eigenvalue weighted by atomic mass is 10.2. The highest BCUT2D eigenvalue weighted by Crippen LogP contribution is 2.20. The second-order valence-corrected chi connectivity index (χ2v) is 7.42. The molecule has 0 aliphatic heterocycles. The van der Waals surface area contributed by atoms with Crippen LogP contribution >= 0.6 is 27.5 Å². The molecule has 31 heavy (non-hydrogen) atoms. The Morgan fingerprint density at radius 1 is 0.935 bits per heavy atom. The van der Waals surface area contributed by atoms with Crippen LogP contribution in [0, 0.1) is 0 Å². The van der Waals surface area contributed by atoms with E-state index in [1.165, 1.54) is 6.21 Å². The molecule has 9 heteroatoms. The van der Waals surface area contributed by atoms with Gasteiger partial charge in [-0.2, -0.15) is 5.10 Å². The van der Waals surface area contributed by atoms with Gasteiger partial charge in [-0.1, -0.05) is 45.7 Å². The summed E-state index contributed by atoms with van der Waals surface area (Å²) in [7, 11) is 0. The molecule has 0 aliphatic carbocycles. The molecule has 0 aliphatic rings. The number of amides is 2. The average molecular weight is 501 g/mol. The highest BCUT2D eigenvalue weighted by atomic mass is 79.9. The number of esters is 1. The summed E-state index contributed by atoms with van der Waals surface area (Å²) in [6, 6.07) is 19.9. The Balaban J connectivity index is 1.52. The van der Waals surface area contributed by atoms with Crippen LogP contribution < -0.4 is 15.5 Å². The molecule has 3 rings (SSSR count). The van der Waals surface area contributed by atoms with Crippen LogP contribution in [0.15, 0.2) is 82.4 Å². The molecule has 0 fully saturated rings. The molecule has 2 amide bonds. The van der Waals surface area contributed by atoms with Crippen molar-refractivity contribution >= 4 is 57.2 Å². The number of carbonyl (C=O) groups is 3. The van der Waals surface area contributed by atoms with Crippen LogP contribution in [0.3, 0.4) is 0 Å². The van der Waals surface area contributed by atoms with Gasteiger partial charge in [0.15, 0.2) is 0 Å². The topological polar surface area (TPSA) is 96.9 Å². The number of halogens is 2. The van der Waals surface area contributed by atoms with Crippen molar-refractivity contribution in [3.8, 4) is 5.75 Å². The van der Waals surface area contributed by atoms with Gasteiger partial charge in [0.25, 0.3) is 0 Å². The number of hydrazone groups is 1. The smallest absolute Gasteiger partial charge is 0.343 e. The van der Waals surface area contributed by atoms with E-state index in [1.54, 1.807) is 66.7 Å². The SMILES string of the molecule is O=C(N/N=C/c1ccc(OC(=O)c2cccc(Br)c2)cc1)C(=O)Nc1ccccc1Cl. The summed E-state index contributed by atoms with van der Waals surface area (Å²) in [5.74, 6) is -1.99. The summed E-state index contributed by atoms with van der Waals surface area (Å²) in [5.41, 5.74) is 3.48. The lowest BCUT2D eigenvalue weighted by Crippen LogP contribution is -2.32. The normalized spacial score (nSPS) is 10.5. The van der Waals surface area contributed by atoms with Crippen molar-refractivity contribution in [3.63, 3.8) is 0 Å². The first-order chi connectivity index (χ1) is 14.9. The Morgan fingerprint density at radius 2 is 1.68 bits per heavy atom. The van der Waals surface area contributed by atoms with E-state index in [2.05, 4.69) is 31.8 Å². The third-order valence-corrected chi connectivity index (χ3v) is 4.68. The monoisotopic (exact) mass is 499 g/mol. The Hall–Kier alpha value is -3.49. The maximum atomic E-state index is 12.2. The lowest BCUT2D eigenvalue weighted by molar-refractivity contribution is -0.136. The first-order valence-corrected chi connectivity index (χ1v) is 10.1. The molecule has 0 saturated carbocycles. The highest BCUT2D eigenvalue weighted by molar-refractivity contribution is 9.10. The molecule has 0 spiro atoms. The first kappa shape index (κ1) is 22.2. The third-order valence-electron chi connectivity index (χ3n) is 3.86. The van der Waals surface area contributed by atoms with Crippen LogP contribution in [0.5, 0.6) is 5.75 Å². The van der Waals surface area contributed by atoms with E-state index in [0.717, 1.165) is 4.47 Å². The fraction of sp³-hybridized carbons (Fsp3) is 0. The van der Waals surface area contributed by atoms with Gasteiger partial charge in [0, 0.05) is 4.47 Å². The number of hydrogen-bond acceptors (Lipinski definition) is 5. The van der Waals surface area contributed by atoms with Crippen molar-refractivity contribution in [2.75, 3.05) is 5.32 Å². The van der Waals surface area contributed by atoms with Gasteiger partial charge in [-0.25, -0.2) is 10.2 Å². The number of rotatable bonds is 5. The van der Waals surface area contributed by atoms with Gasteiger partial charge in [0.2, 0.25) is 0 Å². The van der Waals surface area contributed by atoms with Crippen LogP contribution in [-0.4, -0.2) is 24.0 Å². The Morgan fingerprint density at radius 3 is 2.39 bits per heavy atom. The molecule has 0 unspecified atom stereocenters.